The van der Waals surface area contributed by atoms with E-state index in [2.05, 4.69) is 5.32 Å². The molecule has 4 aromatic rings. The van der Waals surface area contributed by atoms with Gasteiger partial charge in [0.25, 0.3) is 5.91 Å². The highest BCUT2D eigenvalue weighted by molar-refractivity contribution is 6.04. The van der Waals surface area contributed by atoms with Crippen molar-refractivity contribution in [3.63, 3.8) is 0 Å². The monoisotopic (exact) mass is 428 g/mol. The van der Waals surface area contributed by atoms with E-state index in [1.807, 2.05) is 74.0 Å². The van der Waals surface area contributed by atoms with Gasteiger partial charge in [0.1, 0.15) is 11.4 Å². The first-order valence-corrected chi connectivity index (χ1v) is 10.0. The summed E-state index contributed by atoms with van der Waals surface area (Å²) < 4.78 is 8.33. The number of aromatic nitrogens is 2. The smallest absolute Gasteiger partial charge is 0.354 e. The van der Waals surface area contributed by atoms with Crippen molar-refractivity contribution in [1.29, 1.82) is 0 Å². The number of carbonyl (C=O) groups is 2. The highest BCUT2D eigenvalue weighted by Crippen LogP contribution is 2.26. The fraction of sp³-hybridized carbons (Fsp3) is 0.120. The predicted molar refractivity (Wildman–Crippen MR) is 125 cm³/mol. The van der Waals surface area contributed by atoms with Crippen molar-refractivity contribution in [2.24, 2.45) is 14.1 Å². The van der Waals surface area contributed by atoms with Crippen LogP contribution < -0.4 is 11.1 Å². The summed E-state index contributed by atoms with van der Waals surface area (Å²) >= 11 is 0. The normalized spacial score (nSPS) is 10.7. The number of methoxy groups -OCH3 is 1. The van der Waals surface area contributed by atoms with Crippen LogP contribution in [-0.4, -0.2) is 28.1 Å². The Bertz CT molecular complexity index is 1280. The first-order valence-electron chi connectivity index (χ1n) is 10.0. The van der Waals surface area contributed by atoms with Crippen molar-refractivity contribution >= 4 is 23.3 Å². The number of amides is 1. The van der Waals surface area contributed by atoms with Gasteiger partial charge in [-0.1, -0.05) is 24.3 Å². The SMILES string of the molecule is COC(=O)c1cc(-c2ccc(NC(=O)c3cc(-c4ccc(N)cc4)cn3C)cc2)cn1C. The van der Waals surface area contributed by atoms with Crippen molar-refractivity contribution in [3.05, 3.63) is 84.4 Å². The molecule has 0 unspecified atom stereocenters. The highest BCUT2D eigenvalue weighted by atomic mass is 16.5. The Balaban J connectivity index is 1.50. The molecule has 2 heterocycles. The van der Waals surface area contributed by atoms with E-state index in [0.29, 0.717) is 22.8 Å². The van der Waals surface area contributed by atoms with Crippen LogP contribution in [0.15, 0.2) is 73.1 Å². The van der Waals surface area contributed by atoms with E-state index in [-0.39, 0.29) is 11.9 Å². The molecule has 0 spiro atoms. The molecule has 7 heteroatoms. The van der Waals surface area contributed by atoms with E-state index in [0.717, 1.165) is 22.3 Å². The summed E-state index contributed by atoms with van der Waals surface area (Å²) in [4.78, 5) is 24.7. The Kier molecular flexibility index (Phi) is 5.55. The van der Waals surface area contributed by atoms with Gasteiger partial charge in [-0.15, -0.1) is 0 Å². The summed E-state index contributed by atoms with van der Waals surface area (Å²) in [5.41, 5.74) is 11.9. The second-order valence-electron chi connectivity index (χ2n) is 7.59. The standard InChI is InChI=1S/C25H24N4O3/c1-28-14-18(16-4-8-20(26)9-5-16)12-22(28)24(30)27-21-10-6-17(7-11-21)19-13-23(25(31)32-3)29(2)15-19/h4-15H,26H2,1-3H3,(H,27,30). The molecule has 0 saturated carbocycles. The molecule has 0 aliphatic heterocycles. The number of ether oxygens (including phenoxy) is 1. The van der Waals surface area contributed by atoms with Gasteiger partial charge in [-0.05, 0) is 47.5 Å². The van der Waals surface area contributed by atoms with Gasteiger partial charge in [0, 0.05) is 49.0 Å². The molecule has 0 aliphatic rings. The van der Waals surface area contributed by atoms with Gasteiger partial charge in [0.05, 0.1) is 7.11 Å². The zero-order valence-electron chi connectivity index (χ0n) is 18.1. The predicted octanol–water partition coefficient (Wildman–Crippen LogP) is 4.32. The number of hydrogen-bond acceptors (Lipinski definition) is 4. The average molecular weight is 428 g/mol. The quantitative estimate of drug-likeness (QED) is 0.366. The molecular formula is C25H24N4O3. The Morgan fingerprint density at radius 2 is 1.28 bits per heavy atom. The maximum Gasteiger partial charge on any atom is 0.354 e. The number of benzene rings is 2. The van der Waals surface area contributed by atoms with Gasteiger partial charge in [-0.3, -0.25) is 4.79 Å². The molecule has 0 atom stereocenters. The molecule has 2 aromatic heterocycles. The third-order valence-corrected chi connectivity index (χ3v) is 5.36. The number of aryl methyl sites for hydroxylation is 2. The summed E-state index contributed by atoms with van der Waals surface area (Å²) in [6.45, 7) is 0. The number of nitrogens with one attached hydrogen (secondary N) is 1. The molecule has 7 nitrogen and oxygen atoms in total. The Morgan fingerprint density at radius 3 is 1.84 bits per heavy atom. The minimum Gasteiger partial charge on any atom is -0.464 e. The summed E-state index contributed by atoms with van der Waals surface area (Å²) in [6.07, 6.45) is 3.78. The lowest BCUT2D eigenvalue weighted by atomic mass is 10.1. The molecule has 0 fully saturated rings. The molecule has 2 aromatic carbocycles. The van der Waals surface area contributed by atoms with E-state index in [1.165, 1.54) is 7.11 Å². The maximum absolute atomic E-state index is 12.8. The van der Waals surface area contributed by atoms with Gasteiger partial charge >= 0.3 is 5.97 Å². The fourth-order valence-electron chi connectivity index (χ4n) is 3.59. The molecule has 0 aliphatic carbocycles. The number of nitrogens with zero attached hydrogens (tertiary/aromatic N) is 2. The van der Waals surface area contributed by atoms with Crippen molar-refractivity contribution in [3.8, 4) is 22.3 Å². The fourth-order valence-corrected chi connectivity index (χ4v) is 3.59. The highest BCUT2D eigenvalue weighted by Gasteiger charge is 2.15. The molecule has 4 rings (SSSR count). The van der Waals surface area contributed by atoms with Crippen LogP contribution in [0, 0.1) is 0 Å². The second kappa shape index (κ2) is 8.47. The first kappa shape index (κ1) is 21.0. The summed E-state index contributed by atoms with van der Waals surface area (Å²) in [5.74, 6) is -0.585. The number of nitrogens with two attached hydrogens (primary N) is 1. The van der Waals surface area contributed by atoms with E-state index in [4.69, 9.17) is 10.5 Å². The summed E-state index contributed by atoms with van der Waals surface area (Å²) in [6, 6.07) is 18.6. The lowest BCUT2D eigenvalue weighted by molar-refractivity contribution is 0.0590. The van der Waals surface area contributed by atoms with Gasteiger partial charge in [-0.2, -0.15) is 0 Å². The topological polar surface area (TPSA) is 91.3 Å². The Hall–Kier alpha value is -4.26. The molecular weight excluding hydrogens is 404 g/mol. The zero-order chi connectivity index (χ0) is 22.8. The Labute approximate surface area is 186 Å². The average Bonchev–Trinajstić information content (AvgIpc) is 3.37. The first-order chi connectivity index (χ1) is 15.4. The number of rotatable bonds is 5. The van der Waals surface area contributed by atoms with E-state index in [9.17, 15) is 9.59 Å². The van der Waals surface area contributed by atoms with E-state index < -0.39 is 0 Å². The maximum atomic E-state index is 12.8. The van der Waals surface area contributed by atoms with Crippen molar-refractivity contribution in [2.75, 3.05) is 18.2 Å². The third-order valence-electron chi connectivity index (χ3n) is 5.36. The number of anilines is 2. The van der Waals surface area contributed by atoms with Crippen molar-refractivity contribution in [2.45, 2.75) is 0 Å². The van der Waals surface area contributed by atoms with E-state index >= 15 is 0 Å². The number of nitrogen functional groups attached to an aromatic ring is 1. The van der Waals surface area contributed by atoms with Crippen LogP contribution in [0.3, 0.4) is 0 Å². The van der Waals surface area contributed by atoms with Crippen molar-refractivity contribution < 1.29 is 14.3 Å². The summed E-state index contributed by atoms with van der Waals surface area (Å²) in [7, 11) is 4.99. The van der Waals surface area contributed by atoms with Gasteiger partial charge in [-0.25, -0.2) is 4.79 Å². The number of carbonyl (C=O) groups excluding carboxylic acids is 2. The Morgan fingerprint density at radius 1 is 0.781 bits per heavy atom. The van der Waals surface area contributed by atoms with Crippen LogP contribution in [0.2, 0.25) is 0 Å². The van der Waals surface area contributed by atoms with Gasteiger partial charge < -0.3 is 24.9 Å². The van der Waals surface area contributed by atoms with Gasteiger partial charge in [0.15, 0.2) is 0 Å². The molecule has 0 radical (unpaired) electrons. The van der Waals surface area contributed by atoms with Crippen LogP contribution in [0.5, 0.6) is 0 Å². The molecule has 1 amide bonds. The van der Waals surface area contributed by atoms with E-state index in [1.54, 1.807) is 22.2 Å². The van der Waals surface area contributed by atoms with Crippen LogP contribution in [0.25, 0.3) is 22.3 Å². The van der Waals surface area contributed by atoms with Crippen molar-refractivity contribution in [1.82, 2.24) is 9.13 Å². The number of hydrogen-bond donors (Lipinski definition) is 2. The van der Waals surface area contributed by atoms with Gasteiger partial charge in [0.2, 0.25) is 0 Å². The lowest BCUT2D eigenvalue weighted by Gasteiger charge is -2.07. The second-order valence-corrected chi connectivity index (χ2v) is 7.59. The minimum atomic E-state index is -0.386. The lowest BCUT2D eigenvalue weighted by Crippen LogP contribution is -2.15. The molecule has 0 saturated heterocycles. The molecule has 3 N–H and O–H groups in total. The summed E-state index contributed by atoms with van der Waals surface area (Å²) in [5, 5.41) is 2.94. The molecule has 162 valence electrons. The molecule has 0 bridgehead atoms. The number of esters is 1. The van der Waals surface area contributed by atoms with Crippen LogP contribution >= 0.6 is 0 Å². The van der Waals surface area contributed by atoms with Crippen LogP contribution in [0.4, 0.5) is 11.4 Å². The van der Waals surface area contributed by atoms with Crippen LogP contribution in [0.1, 0.15) is 21.0 Å². The van der Waals surface area contributed by atoms with Crippen LogP contribution in [-0.2, 0) is 18.8 Å². The zero-order valence-corrected chi connectivity index (χ0v) is 18.1. The minimum absolute atomic E-state index is 0.199. The molecule has 32 heavy (non-hydrogen) atoms. The third kappa shape index (κ3) is 4.13. The largest absolute Gasteiger partial charge is 0.464 e.